The lowest BCUT2D eigenvalue weighted by Gasteiger charge is -2.15. The monoisotopic (exact) mass is 395 g/mol. The molecule has 146 valence electrons. The number of carbonyl (C=O) groups is 1. The molecule has 1 aliphatic carbocycles. The Morgan fingerprint density at radius 1 is 1.21 bits per heavy atom. The Morgan fingerprint density at radius 3 is 2.50 bits per heavy atom. The quantitative estimate of drug-likeness (QED) is 0.526. The van der Waals surface area contributed by atoms with Crippen LogP contribution in [-0.4, -0.2) is 26.8 Å². The highest BCUT2D eigenvalue weighted by molar-refractivity contribution is 5.92. The lowest BCUT2D eigenvalue weighted by molar-refractivity contribution is 0.152. The lowest BCUT2D eigenvalue weighted by atomic mass is 10.1. The van der Waals surface area contributed by atoms with Gasteiger partial charge in [-0.15, -0.1) is 0 Å². The van der Waals surface area contributed by atoms with Gasteiger partial charge in [0.2, 0.25) is 5.43 Å². The Kier molecular flexibility index (Phi) is 3.91. The Hall–Kier alpha value is -3.37. The zero-order valence-electron chi connectivity index (χ0n) is 14.3. The molecule has 1 N–H and O–H groups in total. The zero-order valence-corrected chi connectivity index (χ0v) is 14.3. The molecule has 0 bridgehead atoms. The topological polar surface area (TPSA) is 103 Å². The number of nitrogens with zero attached hydrogens (tertiary/aromatic N) is 2. The number of halogens is 3. The van der Waals surface area contributed by atoms with Crippen molar-refractivity contribution < 1.29 is 22.7 Å². The number of benzene rings is 1. The van der Waals surface area contributed by atoms with Gasteiger partial charge in [0.15, 0.2) is 17.5 Å². The van der Waals surface area contributed by atoms with Gasteiger partial charge in [-0.2, -0.15) is 4.57 Å². The maximum Gasteiger partial charge on any atom is 0.425 e. The van der Waals surface area contributed by atoms with Crippen molar-refractivity contribution in [2.24, 2.45) is 0 Å². The molecule has 0 spiro atoms. The summed E-state index contributed by atoms with van der Waals surface area (Å²) in [5, 5.41) is -1.23. The molecule has 0 radical (unpaired) electrons. The lowest BCUT2D eigenvalue weighted by Crippen LogP contribution is -2.42. The minimum Gasteiger partial charge on any atom is -0.449 e. The van der Waals surface area contributed by atoms with Gasteiger partial charge in [0.25, 0.3) is 5.56 Å². The molecular weight excluding hydrogens is 383 g/mol. The van der Waals surface area contributed by atoms with Crippen LogP contribution < -0.4 is 16.7 Å². The molecule has 1 fully saturated rings. The molecule has 8 nitrogen and oxygen atoms in total. The zero-order chi connectivity index (χ0) is 20.3. The summed E-state index contributed by atoms with van der Waals surface area (Å²) < 4.78 is 47.9. The van der Waals surface area contributed by atoms with Gasteiger partial charge in [-0.3, -0.25) is 14.6 Å². The number of hydrogen-bond donors (Lipinski definition) is 1. The summed E-state index contributed by atoms with van der Waals surface area (Å²) >= 11 is 0. The van der Waals surface area contributed by atoms with E-state index in [1.807, 2.05) is 0 Å². The van der Waals surface area contributed by atoms with Crippen LogP contribution in [0.3, 0.4) is 0 Å². The molecule has 0 amide bonds. The number of aromatic nitrogens is 3. The summed E-state index contributed by atoms with van der Waals surface area (Å²) in [6, 6.07) is 0.0617. The number of nitrogens with one attached hydrogen (secondary N) is 1. The fraction of sp³-hybridized carbons (Fsp3) is 0.294. The summed E-state index contributed by atoms with van der Waals surface area (Å²) in [5.74, 6) is -4.97. The summed E-state index contributed by atoms with van der Waals surface area (Å²) in [4.78, 5) is 52.0. The summed E-state index contributed by atoms with van der Waals surface area (Å²) in [6.07, 6.45) is -0.284. The molecule has 0 saturated heterocycles. The highest BCUT2D eigenvalue weighted by Crippen LogP contribution is 2.39. The average molecular weight is 395 g/mol. The molecule has 4 rings (SSSR count). The van der Waals surface area contributed by atoms with Crippen LogP contribution in [0.2, 0.25) is 0 Å². The smallest absolute Gasteiger partial charge is 0.425 e. The SMILES string of the molecule is CCOC(=O)n1c(=O)[nH]c2c(c(=O)c3cc(F)c(F)c(F)c3n2C2CC2)c1=O. The Morgan fingerprint density at radius 2 is 1.89 bits per heavy atom. The standard InChI is InChI=1S/C17H12F3N3O5/c1-2-28-17(27)23-15(25)9-13(24)7-5-8(18)10(19)11(20)12(7)22(6-3-4-6)14(9)21-16(23)26/h5-6H,2-4H2,1H3,(H,21,26). The third-order valence-electron chi connectivity index (χ3n) is 4.53. The van der Waals surface area contributed by atoms with E-state index in [0.29, 0.717) is 18.9 Å². The molecular formula is C17H12F3N3O5. The number of ether oxygens (including phenoxy) is 1. The first-order chi connectivity index (χ1) is 13.3. The first kappa shape index (κ1) is 18.0. The molecule has 1 aromatic carbocycles. The summed E-state index contributed by atoms with van der Waals surface area (Å²) in [5.41, 5.74) is -4.54. The Labute approximate surface area is 152 Å². The molecule has 11 heteroatoms. The molecule has 1 aliphatic rings. The first-order valence-corrected chi connectivity index (χ1v) is 8.35. The van der Waals surface area contributed by atoms with Crippen LogP contribution in [0.1, 0.15) is 25.8 Å². The van der Waals surface area contributed by atoms with Crippen molar-refractivity contribution >= 4 is 28.0 Å². The van der Waals surface area contributed by atoms with E-state index >= 15 is 0 Å². The number of aromatic amines is 1. The first-order valence-electron chi connectivity index (χ1n) is 8.35. The van der Waals surface area contributed by atoms with Crippen molar-refractivity contribution in [3.05, 3.63) is 54.6 Å². The molecule has 28 heavy (non-hydrogen) atoms. The number of H-pyrrole nitrogens is 1. The second-order valence-electron chi connectivity index (χ2n) is 6.31. The predicted molar refractivity (Wildman–Crippen MR) is 91.2 cm³/mol. The number of carbonyl (C=O) groups excluding carboxylic acids is 1. The van der Waals surface area contributed by atoms with Gasteiger partial charge >= 0.3 is 11.8 Å². The van der Waals surface area contributed by atoms with Gasteiger partial charge in [0, 0.05) is 6.04 Å². The Balaban J connectivity index is 2.28. The van der Waals surface area contributed by atoms with Gasteiger partial charge in [-0.05, 0) is 25.8 Å². The number of hydrogen-bond acceptors (Lipinski definition) is 5. The highest BCUT2D eigenvalue weighted by Gasteiger charge is 2.32. The van der Waals surface area contributed by atoms with E-state index in [0.717, 1.165) is 4.57 Å². The van der Waals surface area contributed by atoms with Crippen molar-refractivity contribution in [2.45, 2.75) is 25.8 Å². The normalized spacial score (nSPS) is 14.0. The fourth-order valence-electron chi connectivity index (χ4n) is 3.20. The van der Waals surface area contributed by atoms with Crippen LogP contribution in [0.5, 0.6) is 0 Å². The average Bonchev–Trinajstić information content (AvgIpc) is 3.45. The van der Waals surface area contributed by atoms with Crippen LogP contribution in [0.4, 0.5) is 18.0 Å². The van der Waals surface area contributed by atoms with Crippen molar-refractivity contribution in [1.29, 1.82) is 0 Å². The molecule has 3 aromatic rings. The molecule has 0 unspecified atom stereocenters. The second-order valence-corrected chi connectivity index (χ2v) is 6.31. The molecule has 1 saturated carbocycles. The summed E-state index contributed by atoms with van der Waals surface area (Å²) in [6.45, 7) is 1.31. The highest BCUT2D eigenvalue weighted by atomic mass is 19.2. The van der Waals surface area contributed by atoms with E-state index in [1.54, 1.807) is 0 Å². The summed E-state index contributed by atoms with van der Waals surface area (Å²) in [7, 11) is 0. The molecule has 0 aliphatic heterocycles. The van der Waals surface area contributed by atoms with E-state index < -0.39 is 62.6 Å². The second kappa shape index (κ2) is 6.08. The van der Waals surface area contributed by atoms with Gasteiger partial charge in [0.1, 0.15) is 11.0 Å². The number of fused-ring (bicyclic) bond motifs is 2. The van der Waals surface area contributed by atoms with Gasteiger partial charge in [0.05, 0.1) is 17.5 Å². The maximum absolute atomic E-state index is 14.5. The van der Waals surface area contributed by atoms with Gasteiger partial charge in [-0.1, -0.05) is 0 Å². The van der Waals surface area contributed by atoms with Gasteiger partial charge < -0.3 is 9.30 Å². The van der Waals surface area contributed by atoms with Crippen LogP contribution in [-0.2, 0) is 4.74 Å². The van der Waals surface area contributed by atoms with Crippen LogP contribution in [0.25, 0.3) is 21.9 Å². The van der Waals surface area contributed by atoms with E-state index in [9.17, 15) is 32.3 Å². The largest absolute Gasteiger partial charge is 0.449 e. The third kappa shape index (κ3) is 2.38. The minimum atomic E-state index is -1.78. The van der Waals surface area contributed by atoms with Crippen LogP contribution >= 0.6 is 0 Å². The third-order valence-corrected chi connectivity index (χ3v) is 4.53. The molecule has 2 aromatic heterocycles. The van der Waals surface area contributed by atoms with Crippen molar-refractivity contribution in [1.82, 2.24) is 14.1 Å². The van der Waals surface area contributed by atoms with E-state index in [-0.39, 0.29) is 16.8 Å². The van der Waals surface area contributed by atoms with Crippen LogP contribution in [0, 0.1) is 17.5 Å². The fourth-order valence-corrected chi connectivity index (χ4v) is 3.20. The van der Waals surface area contributed by atoms with Crippen molar-refractivity contribution in [2.75, 3.05) is 6.61 Å². The number of rotatable bonds is 2. The maximum atomic E-state index is 14.5. The molecule has 2 heterocycles. The van der Waals surface area contributed by atoms with Crippen LogP contribution in [0.15, 0.2) is 20.4 Å². The van der Waals surface area contributed by atoms with E-state index in [2.05, 4.69) is 9.72 Å². The minimum absolute atomic E-state index is 0.0898. The van der Waals surface area contributed by atoms with Gasteiger partial charge in [-0.25, -0.2) is 22.8 Å². The number of pyridine rings is 1. The van der Waals surface area contributed by atoms with Crippen molar-refractivity contribution in [3.63, 3.8) is 0 Å². The molecule has 0 atom stereocenters. The van der Waals surface area contributed by atoms with E-state index in [1.165, 1.54) is 6.92 Å². The van der Waals surface area contributed by atoms with Crippen molar-refractivity contribution in [3.8, 4) is 0 Å². The van der Waals surface area contributed by atoms with E-state index in [4.69, 9.17) is 0 Å². The predicted octanol–water partition coefficient (Wildman–Crippen LogP) is 1.76. The Bertz CT molecular complexity index is 1350.